The van der Waals surface area contributed by atoms with Gasteiger partial charge in [-0.3, -0.25) is 9.59 Å². The molecule has 1 N–H and O–H groups in total. The summed E-state index contributed by atoms with van der Waals surface area (Å²) >= 11 is 6.30. The number of methoxy groups -OCH3 is 2. The summed E-state index contributed by atoms with van der Waals surface area (Å²) in [7, 11) is 2.90. The Labute approximate surface area is 204 Å². The Balaban J connectivity index is 2.15. The second-order valence-electron chi connectivity index (χ2n) is 8.31. The summed E-state index contributed by atoms with van der Waals surface area (Å²) in [5.41, 5.74) is 1.84. The molecule has 182 valence electrons. The molecule has 0 aromatic heterocycles. The third kappa shape index (κ3) is 5.05. The highest BCUT2D eigenvalue weighted by atomic mass is 35.5. The Morgan fingerprint density at radius 3 is 2.41 bits per heavy atom. The van der Waals surface area contributed by atoms with E-state index in [9.17, 15) is 14.7 Å². The standard InChI is InChI=1S/C26H30ClNO6/c1-15(2)34-12-8-11-28-23(17-10-7-6-9-16(17)3)22(25(30)26(28)31)24(29)18-13-19(27)21(33-5)14-20(18)32-4/h6-7,9-10,13-15,23,29H,8,11-12H2,1-5H3/b24-22+. The van der Waals surface area contributed by atoms with Crippen molar-refractivity contribution in [2.24, 2.45) is 0 Å². The molecule has 1 amide bonds. The van der Waals surface area contributed by atoms with Crippen LogP contribution in [0.4, 0.5) is 0 Å². The van der Waals surface area contributed by atoms with Crippen LogP contribution < -0.4 is 9.47 Å². The predicted molar refractivity (Wildman–Crippen MR) is 130 cm³/mol. The normalized spacial score (nSPS) is 17.5. The molecular weight excluding hydrogens is 458 g/mol. The fourth-order valence-electron chi connectivity index (χ4n) is 4.07. The van der Waals surface area contributed by atoms with Gasteiger partial charge in [0.1, 0.15) is 17.3 Å². The highest BCUT2D eigenvalue weighted by Gasteiger charge is 2.46. The van der Waals surface area contributed by atoms with Crippen molar-refractivity contribution in [3.8, 4) is 11.5 Å². The van der Waals surface area contributed by atoms with Gasteiger partial charge in [0.25, 0.3) is 11.7 Å². The minimum atomic E-state index is -0.760. The molecule has 0 bridgehead atoms. The minimum absolute atomic E-state index is 0.0105. The van der Waals surface area contributed by atoms with E-state index in [0.717, 1.165) is 11.1 Å². The molecular formula is C26H30ClNO6. The molecule has 0 aliphatic carbocycles. The number of rotatable bonds is 9. The topological polar surface area (TPSA) is 85.3 Å². The van der Waals surface area contributed by atoms with E-state index in [1.807, 2.05) is 45.0 Å². The fourth-order valence-corrected chi connectivity index (χ4v) is 4.31. The highest BCUT2D eigenvalue weighted by Crippen LogP contribution is 2.43. The zero-order valence-electron chi connectivity index (χ0n) is 20.1. The van der Waals surface area contributed by atoms with Crippen molar-refractivity contribution in [3.05, 3.63) is 63.7 Å². The minimum Gasteiger partial charge on any atom is -0.507 e. The number of benzene rings is 2. The molecule has 1 saturated heterocycles. The van der Waals surface area contributed by atoms with Crippen LogP contribution in [0.25, 0.3) is 5.76 Å². The van der Waals surface area contributed by atoms with Gasteiger partial charge in [0.05, 0.1) is 42.5 Å². The van der Waals surface area contributed by atoms with E-state index < -0.39 is 17.7 Å². The van der Waals surface area contributed by atoms with Crippen molar-refractivity contribution in [3.63, 3.8) is 0 Å². The number of Topliss-reactive ketones (excluding diaryl/α,β-unsaturated/α-hetero) is 1. The van der Waals surface area contributed by atoms with Crippen molar-refractivity contribution >= 4 is 29.1 Å². The summed E-state index contributed by atoms with van der Waals surface area (Å²) in [6.45, 7) is 6.53. The summed E-state index contributed by atoms with van der Waals surface area (Å²) in [6.07, 6.45) is 0.612. The summed E-state index contributed by atoms with van der Waals surface area (Å²) in [5, 5.41) is 11.6. The van der Waals surface area contributed by atoms with Crippen molar-refractivity contribution in [2.75, 3.05) is 27.4 Å². The molecule has 8 heteroatoms. The summed E-state index contributed by atoms with van der Waals surface area (Å²) in [4.78, 5) is 27.8. The Morgan fingerprint density at radius 2 is 1.79 bits per heavy atom. The quantitative estimate of drug-likeness (QED) is 0.234. The molecule has 1 heterocycles. The average molecular weight is 488 g/mol. The van der Waals surface area contributed by atoms with Gasteiger partial charge in [-0.05, 0) is 44.4 Å². The third-order valence-electron chi connectivity index (χ3n) is 5.75. The number of likely N-dealkylation sites (tertiary alicyclic amines) is 1. The first kappa shape index (κ1) is 25.6. The van der Waals surface area contributed by atoms with E-state index in [0.29, 0.717) is 25.3 Å². The van der Waals surface area contributed by atoms with Crippen LogP contribution in [0.5, 0.6) is 11.5 Å². The molecule has 1 aliphatic rings. The maximum Gasteiger partial charge on any atom is 0.295 e. The van der Waals surface area contributed by atoms with Gasteiger partial charge in [0.15, 0.2) is 0 Å². The van der Waals surface area contributed by atoms with Gasteiger partial charge in [-0.1, -0.05) is 35.9 Å². The second-order valence-corrected chi connectivity index (χ2v) is 8.72. The van der Waals surface area contributed by atoms with Crippen molar-refractivity contribution in [1.29, 1.82) is 0 Å². The van der Waals surface area contributed by atoms with Crippen LogP contribution >= 0.6 is 11.6 Å². The maximum atomic E-state index is 13.2. The van der Waals surface area contributed by atoms with Crippen LogP contribution in [0.2, 0.25) is 5.02 Å². The van der Waals surface area contributed by atoms with Gasteiger partial charge in [-0.2, -0.15) is 0 Å². The van der Waals surface area contributed by atoms with E-state index in [4.69, 9.17) is 25.8 Å². The van der Waals surface area contributed by atoms with Gasteiger partial charge in [0.2, 0.25) is 0 Å². The van der Waals surface area contributed by atoms with Crippen LogP contribution in [-0.2, 0) is 14.3 Å². The van der Waals surface area contributed by atoms with E-state index in [2.05, 4.69) is 0 Å². The van der Waals surface area contributed by atoms with Crippen LogP contribution in [0.15, 0.2) is 42.0 Å². The number of amides is 1. The Kier molecular flexibility index (Phi) is 8.23. The zero-order chi connectivity index (χ0) is 25.0. The Morgan fingerprint density at radius 1 is 1.12 bits per heavy atom. The molecule has 0 spiro atoms. The van der Waals surface area contributed by atoms with Gasteiger partial charge in [-0.15, -0.1) is 0 Å². The van der Waals surface area contributed by atoms with Gasteiger partial charge >= 0.3 is 0 Å². The number of carbonyl (C=O) groups is 2. The fraction of sp³-hybridized carbons (Fsp3) is 0.385. The number of nitrogens with zero attached hydrogens (tertiary/aromatic N) is 1. The predicted octanol–water partition coefficient (Wildman–Crippen LogP) is 4.90. The molecule has 1 atom stereocenters. The smallest absolute Gasteiger partial charge is 0.295 e. The molecule has 1 fully saturated rings. The summed E-state index contributed by atoms with van der Waals surface area (Å²) in [5.74, 6) is -1.16. The Bertz CT molecular complexity index is 1110. The molecule has 0 saturated carbocycles. The van der Waals surface area contributed by atoms with Crippen LogP contribution in [0, 0.1) is 6.92 Å². The van der Waals surface area contributed by atoms with Crippen molar-refractivity contribution < 1.29 is 28.9 Å². The van der Waals surface area contributed by atoms with Gasteiger partial charge in [-0.25, -0.2) is 0 Å². The summed E-state index contributed by atoms with van der Waals surface area (Å²) < 4.78 is 16.3. The zero-order valence-corrected chi connectivity index (χ0v) is 20.8. The first-order valence-corrected chi connectivity index (χ1v) is 11.5. The molecule has 1 aliphatic heterocycles. The van der Waals surface area contributed by atoms with E-state index in [1.165, 1.54) is 31.3 Å². The number of ether oxygens (including phenoxy) is 3. The lowest BCUT2D eigenvalue weighted by molar-refractivity contribution is -0.140. The molecule has 2 aromatic carbocycles. The molecule has 2 aromatic rings. The lowest BCUT2D eigenvalue weighted by Gasteiger charge is -2.27. The van der Waals surface area contributed by atoms with Crippen molar-refractivity contribution in [1.82, 2.24) is 4.90 Å². The largest absolute Gasteiger partial charge is 0.507 e. The number of hydrogen-bond acceptors (Lipinski definition) is 6. The van der Waals surface area contributed by atoms with E-state index in [1.54, 1.807) is 0 Å². The Hall–Kier alpha value is -3.03. The lowest BCUT2D eigenvalue weighted by atomic mass is 9.92. The number of aliphatic hydroxyl groups excluding tert-OH is 1. The van der Waals surface area contributed by atoms with Crippen molar-refractivity contribution in [2.45, 2.75) is 39.3 Å². The molecule has 3 rings (SSSR count). The second kappa shape index (κ2) is 10.9. The SMILES string of the molecule is COc1cc(OC)c(/C(O)=C2\C(=O)C(=O)N(CCCOC(C)C)C2c2ccccc2C)cc1Cl. The number of hydrogen-bond donors (Lipinski definition) is 1. The first-order chi connectivity index (χ1) is 16.2. The van der Waals surface area contributed by atoms with Crippen LogP contribution in [0.1, 0.15) is 43.0 Å². The number of ketones is 1. The molecule has 0 radical (unpaired) electrons. The van der Waals surface area contributed by atoms with Crippen LogP contribution in [0.3, 0.4) is 0 Å². The number of halogens is 1. The summed E-state index contributed by atoms with van der Waals surface area (Å²) in [6, 6.07) is 9.72. The molecule has 34 heavy (non-hydrogen) atoms. The lowest BCUT2D eigenvalue weighted by Crippen LogP contribution is -2.31. The maximum absolute atomic E-state index is 13.2. The monoisotopic (exact) mass is 487 g/mol. The first-order valence-electron chi connectivity index (χ1n) is 11.1. The van der Waals surface area contributed by atoms with Gasteiger partial charge < -0.3 is 24.2 Å². The average Bonchev–Trinajstić information content (AvgIpc) is 3.06. The third-order valence-corrected chi connectivity index (χ3v) is 6.04. The molecule has 7 nitrogen and oxygen atoms in total. The van der Waals surface area contributed by atoms with E-state index in [-0.39, 0.29) is 33.8 Å². The van der Waals surface area contributed by atoms with Gasteiger partial charge in [0, 0.05) is 19.2 Å². The molecule has 1 unspecified atom stereocenters. The van der Waals surface area contributed by atoms with Crippen LogP contribution in [-0.4, -0.2) is 55.2 Å². The van der Waals surface area contributed by atoms with E-state index >= 15 is 0 Å². The number of aliphatic hydroxyl groups is 1. The number of aryl methyl sites for hydroxylation is 1. The number of carbonyl (C=O) groups excluding carboxylic acids is 2. The highest BCUT2D eigenvalue weighted by molar-refractivity contribution is 6.46.